The number of nitrogens with one attached hydrogen (secondary N) is 5. The summed E-state index contributed by atoms with van der Waals surface area (Å²) in [4.78, 5) is 48.6. The van der Waals surface area contributed by atoms with Gasteiger partial charge in [0.25, 0.3) is 0 Å². The summed E-state index contributed by atoms with van der Waals surface area (Å²) in [6.45, 7) is 1.93. The van der Waals surface area contributed by atoms with E-state index in [9.17, 15) is 32.1 Å². The second-order valence-corrected chi connectivity index (χ2v) is 13.1. The van der Waals surface area contributed by atoms with E-state index in [0.29, 0.717) is 50.3 Å². The summed E-state index contributed by atoms with van der Waals surface area (Å²) < 4.78 is 32.5. The average molecular weight is 612 g/mol. The van der Waals surface area contributed by atoms with Crippen molar-refractivity contribution in [2.45, 2.75) is 93.7 Å². The van der Waals surface area contributed by atoms with Crippen molar-refractivity contribution in [3.05, 3.63) is 0 Å². The minimum atomic E-state index is -4.47. The summed E-state index contributed by atoms with van der Waals surface area (Å²) in [5, 5.41) is 21.8. The van der Waals surface area contributed by atoms with Crippen LogP contribution in [-0.4, -0.2) is 90.4 Å². The van der Waals surface area contributed by atoms with E-state index < -0.39 is 33.5 Å². The Kier molecular flexibility index (Phi) is 14.1. The van der Waals surface area contributed by atoms with Gasteiger partial charge >= 0.3 is 35.6 Å². The largest absolute Gasteiger partial charge is 1.00 e. The van der Waals surface area contributed by atoms with Crippen LogP contribution in [0.2, 0.25) is 0 Å². The van der Waals surface area contributed by atoms with Gasteiger partial charge in [-0.3, -0.25) is 14.4 Å². The number of amides is 5. The maximum absolute atomic E-state index is 12.6. The van der Waals surface area contributed by atoms with E-state index in [0.717, 1.165) is 18.6 Å². The van der Waals surface area contributed by atoms with E-state index in [-0.39, 0.29) is 72.5 Å². The molecule has 14 nitrogen and oxygen atoms in total. The summed E-state index contributed by atoms with van der Waals surface area (Å²) in [6, 6.07) is -0.755. The van der Waals surface area contributed by atoms with Crippen molar-refractivity contribution in [3.8, 4) is 0 Å². The molecule has 5 N–H and O–H groups in total. The van der Waals surface area contributed by atoms with E-state index in [2.05, 4.69) is 36.8 Å². The molecule has 3 aliphatic rings. The standard InChI is InChI=1S/C23H39N7O7S2.Na/c1-23(29-30-23)10-9-18(31)24-11-5-4-6-15(21(33)25-12-13-39(35,36)37)26-19(32)8-3-2-7-17-20-16(14-38-17)27-22(34)28-20;/h15-17,20H,2-14H2,1H3,(H,24,31)(H,25,33)(H,26,32)(H2,27,28,34)(H,35,36,37);/q;+1/p-1/t15-,16+,17+,20+;/m0./s1. The molecule has 5 amide bonds. The van der Waals surface area contributed by atoms with Gasteiger partial charge in [0.05, 0.1) is 28.0 Å². The van der Waals surface area contributed by atoms with Crippen LogP contribution >= 0.6 is 11.8 Å². The van der Waals surface area contributed by atoms with Crippen molar-refractivity contribution in [3.63, 3.8) is 0 Å². The summed E-state index contributed by atoms with van der Waals surface area (Å²) in [5.41, 5.74) is -0.425. The van der Waals surface area contributed by atoms with E-state index in [1.165, 1.54) is 0 Å². The maximum Gasteiger partial charge on any atom is 1.00 e. The molecule has 3 aliphatic heterocycles. The molecule has 3 heterocycles. The van der Waals surface area contributed by atoms with Crippen LogP contribution in [0.3, 0.4) is 0 Å². The molecule has 0 aliphatic carbocycles. The van der Waals surface area contributed by atoms with E-state index in [1.54, 1.807) is 0 Å². The van der Waals surface area contributed by atoms with Crippen molar-refractivity contribution in [1.82, 2.24) is 26.6 Å². The Morgan fingerprint density at radius 3 is 2.52 bits per heavy atom. The van der Waals surface area contributed by atoms with Crippen molar-refractivity contribution in [2.24, 2.45) is 10.2 Å². The minimum Gasteiger partial charge on any atom is -0.748 e. The van der Waals surface area contributed by atoms with Gasteiger partial charge < -0.3 is 31.1 Å². The molecule has 0 aromatic carbocycles. The molecule has 0 saturated carbocycles. The van der Waals surface area contributed by atoms with Gasteiger partial charge in [0.2, 0.25) is 17.7 Å². The van der Waals surface area contributed by atoms with Gasteiger partial charge in [0, 0.05) is 43.4 Å². The van der Waals surface area contributed by atoms with Crippen molar-refractivity contribution in [1.29, 1.82) is 0 Å². The first kappa shape index (κ1) is 34.7. The number of carbonyl (C=O) groups is 4. The molecule has 0 aromatic heterocycles. The summed E-state index contributed by atoms with van der Waals surface area (Å²) >= 11 is 1.81. The number of unbranched alkanes of at least 4 members (excludes halogenated alkanes) is 2. The fraction of sp³-hybridized carbons (Fsp3) is 0.826. The van der Waals surface area contributed by atoms with E-state index >= 15 is 0 Å². The maximum atomic E-state index is 12.6. The summed E-state index contributed by atoms with van der Waals surface area (Å²) in [6.07, 6.45) is 4.79. The molecular weight excluding hydrogens is 573 g/mol. The number of hydrogen-bond donors (Lipinski definition) is 5. The smallest absolute Gasteiger partial charge is 0.748 e. The zero-order chi connectivity index (χ0) is 28.5. The van der Waals surface area contributed by atoms with Gasteiger partial charge in [-0.25, -0.2) is 13.2 Å². The third-order valence-electron chi connectivity index (χ3n) is 6.89. The second kappa shape index (κ2) is 16.2. The SMILES string of the molecule is CC1(CCC(=O)NCCCC[C@H](NC(=O)CCCC[C@H]2SC[C@H]3NC(=O)N[C@H]32)C(=O)NCCS(=O)(=O)[O-])N=N1.[Na+]. The van der Waals surface area contributed by atoms with E-state index in [1.807, 2.05) is 18.7 Å². The first-order valence-corrected chi connectivity index (χ1v) is 16.0. The predicted octanol–water partition coefficient (Wildman–Crippen LogP) is -2.89. The minimum absolute atomic E-state index is 0. The summed E-state index contributed by atoms with van der Waals surface area (Å²) in [5.74, 6) is -0.819. The van der Waals surface area contributed by atoms with Gasteiger partial charge in [-0.05, 0) is 39.0 Å². The van der Waals surface area contributed by atoms with Crippen LogP contribution in [-0.2, 0) is 24.5 Å². The Balaban J connectivity index is 0.00000560. The number of nitrogens with zero attached hydrogens (tertiary/aromatic N) is 2. The van der Waals surface area contributed by atoms with Crippen LogP contribution in [0.5, 0.6) is 0 Å². The molecule has 0 unspecified atom stereocenters. The van der Waals surface area contributed by atoms with Crippen LogP contribution in [0, 0.1) is 0 Å². The van der Waals surface area contributed by atoms with Gasteiger partial charge in [-0.15, -0.1) is 0 Å². The Hall–Kier alpha value is -1.46. The van der Waals surface area contributed by atoms with Crippen LogP contribution in [0.25, 0.3) is 0 Å². The molecule has 2 saturated heterocycles. The zero-order valence-corrected chi connectivity index (χ0v) is 26.7. The monoisotopic (exact) mass is 611 g/mol. The summed E-state index contributed by atoms with van der Waals surface area (Å²) in [7, 11) is -4.47. The van der Waals surface area contributed by atoms with E-state index in [4.69, 9.17) is 0 Å². The van der Waals surface area contributed by atoms with Crippen LogP contribution in [0.1, 0.15) is 64.7 Å². The van der Waals surface area contributed by atoms with Gasteiger partial charge in [0.1, 0.15) is 6.04 Å². The first-order chi connectivity index (χ1) is 18.4. The molecule has 2 fully saturated rings. The molecule has 220 valence electrons. The third kappa shape index (κ3) is 12.6. The molecule has 3 rings (SSSR count). The molecule has 0 radical (unpaired) electrons. The normalized spacial score (nSPS) is 22.8. The second-order valence-electron chi connectivity index (χ2n) is 10.3. The molecule has 0 bridgehead atoms. The molecule has 0 aromatic rings. The third-order valence-corrected chi connectivity index (χ3v) is 9.11. The van der Waals surface area contributed by atoms with Crippen LogP contribution in [0.15, 0.2) is 10.2 Å². The molecule has 17 heteroatoms. The zero-order valence-electron chi connectivity index (χ0n) is 23.1. The van der Waals surface area contributed by atoms with Crippen molar-refractivity contribution < 1.29 is 61.7 Å². The Morgan fingerprint density at radius 1 is 1.07 bits per heavy atom. The Bertz CT molecular complexity index is 1040. The average Bonchev–Trinajstić information content (AvgIpc) is 3.31. The fourth-order valence-electron chi connectivity index (χ4n) is 4.56. The number of thioether (sulfide) groups is 1. The predicted molar refractivity (Wildman–Crippen MR) is 143 cm³/mol. The molecule has 0 spiro atoms. The number of hydrogen-bond acceptors (Lipinski definition) is 10. The number of urea groups is 1. The number of fused-ring (bicyclic) bond motifs is 1. The van der Waals surface area contributed by atoms with Gasteiger partial charge in [-0.1, -0.05) is 6.42 Å². The number of rotatable bonds is 18. The topological polar surface area (TPSA) is 210 Å². The Labute approximate surface area is 261 Å². The molecule has 4 atom stereocenters. The molecule has 40 heavy (non-hydrogen) atoms. The van der Waals surface area contributed by atoms with Gasteiger partial charge in [-0.2, -0.15) is 22.0 Å². The Morgan fingerprint density at radius 2 is 1.82 bits per heavy atom. The van der Waals surface area contributed by atoms with Crippen molar-refractivity contribution in [2.75, 3.05) is 24.6 Å². The van der Waals surface area contributed by atoms with Crippen LogP contribution < -0.4 is 56.1 Å². The van der Waals surface area contributed by atoms with Crippen molar-refractivity contribution >= 4 is 45.6 Å². The number of carbonyl (C=O) groups excluding carboxylic acids is 4. The quantitative estimate of drug-likeness (QED) is 0.0469. The fourth-order valence-corrected chi connectivity index (χ4v) is 6.45. The first-order valence-electron chi connectivity index (χ1n) is 13.3. The van der Waals surface area contributed by atoms with Crippen LogP contribution in [0.4, 0.5) is 4.79 Å². The van der Waals surface area contributed by atoms with Gasteiger partial charge in [0.15, 0.2) is 5.66 Å². The molecular formula is C23H38N7NaO7S2.